The van der Waals surface area contributed by atoms with E-state index in [4.69, 9.17) is 4.74 Å². The van der Waals surface area contributed by atoms with Gasteiger partial charge in [0.1, 0.15) is 0 Å². The highest BCUT2D eigenvalue weighted by atomic mass is 16.5. The Labute approximate surface area is 101 Å². The van der Waals surface area contributed by atoms with Crippen LogP contribution < -0.4 is 5.32 Å². The molecule has 1 unspecified atom stereocenters. The van der Waals surface area contributed by atoms with Crippen LogP contribution in [0.25, 0.3) is 0 Å². The summed E-state index contributed by atoms with van der Waals surface area (Å²) in [6.07, 6.45) is 5.04. The smallest absolute Gasteiger partial charge is 0.0468 e. The maximum Gasteiger partial charge on any atom is 0.0468 e. The van der Waals surface area contributed by atoms with E-state index in [1.54, 1.807) is 0 Å². The molecule has 1 saturated heterocycles. The maximum absolute atomic E-state index is 5.43. The molecule has 0 aromatic heterocycles. The molecule has 2 heteroatoms. The van der Waals surface area contributed by atoms with E-state index in [9.17, 15) is 0 Å². The second kappa shape index (κ2) is 6.61. The molecule has 2 nitrogen and oxygen atoms in total. The highest BCUT2D eigenvalue weighted by molar-refractivity contribution is 4.83. The molecule has 1 rings (SSSR count). The quantitative estimate of drug-likeness (QED) is 0.778. The van der Waals surface area contributed by atoms with Crippen LogP contribution in [0, 0.1) is 11.3 Å². The summed E-state index contributed by atoms with van der Waals surface area (Å²) < 4.78 is 5.43. The minimum Gasteiger partial charge on any atom is -0.381 e. The standard InChI is InChI=1S/C14H29NO/c1-5-8-15-13(14(2,3)4)11-12-6-9-16-10-7-12/h12-13,15H,5-11H2,1-4H3. The number of hydrogen-bond donors (Lipinski definition) is 1. The van der Waals surface area contributed by atoms with Gasteiger partial charge >= 0.3 is 0 Å². The second-order valence-corrected chi connectivity index (χ2v) is 6.16. The van der Waals surface area contributed by atoms with Crippen LogP contribution in [-0.2, 0) is 4.74 Å². The Bertz CT molecular complexity index is 180. The predicted molar refractivity (Wildman–Crippen MR) is 69.7 cm³/mol. The van der Waals surface area contributed by atoms with Crippen molar-refractivity contribution in [1.29, 1.82) is 0 Å². The van der Waals surface area contributed by atoms with E-state index < -0.39 is 0 Å². The summed E-state index contributed by atoms with van der Waals surface area (Å²) in [5.74, 6) is 0.863. The highest BCUT2D eigenvalue weighted by Crippen LogP contribution is 2.28. The largest absolute Gasteiger partial charge is 0.381 e. The zero-order valence-corrected chi connectivity index (χ0v) is 11.5. The molecule has 1 heterocycles. The van der Waals surface area contributed by atoms with Gasteiger partial charge in [0, 0.05) is 19.3 Å². The monoisotopic (exact) mass is 227 g/mol. The average molecular weight is 227 g/mol. The first-order valence-corrected chi connectivity index (χ1v) is 6.85. The van der Waals surface area contributed by atoms with E-state index >= 15 is 0 Å². The van der Waals surface area contributed by atoms with Crippen molar-refractivity contribution in [3.05, 3.63) is 0 Å². The fraction of sp³-hybridized carbons (Fsp3) is 1.00. The van der Waals surface area contributed by atoms with Gasteiger partial charge < -0.3 is 10.1 Å². The third kappa shape index (κ3) is 4.84. The molecule has 1 aliphatic rings. The molecule has 0 radical (unpaired) electrons. The third-order valence-electron chi connectivity index (χ3n) is 3.60. The molecule has 1 N–H and O–H groups in total. The van der Waals surface area contributed by atoms with Crippen LogP contribution in [0.4, 0.5) is 0 Å². The van der Waals surface area contributed by atoms with Crippen molar-refractivity contribution in [3.8, 4) is 0 Å². The van der Waals surface area contributed by atoms with Gasteiger partial charge in [0.2, 0.25) is 0 Å². The van der Waals surface area contributed by atoms with Crippen molar-refractivity contribution in [2.45, 2.75) is 59.4 Å². The Morgan fingerprint density at radius 2 is 1.88 bits per heavy atom. The van der Waals surface area contributed by atoms with Gasteiger partial charge in [-0.3, -0.25) is 0 Å². The van der Waals surface area contributed by atoms with Crippen molar-refractivity contribution in [3.63, 3.8) is 0 Å². The molecular weight excluding hydrogens is 198 g/mol. The maximum atomic E-state index is 5.43. The second-order valence-electron chi connectivity index (χ2n) is 6.16. The lowest BCUT2D eigenvalue weighted by Gasteiger charge is -2.35. The fourth-order valence-corrected chi connectivity index (χ4v) is 2.38. The SMILES string of the molecule is CCCNC(CC1CCOCC1)C(C)(C)C. The Balaban J connectivity index is 2.41. The van der Waals surface area contributed by atoms with Crippen molar-refractivity contribution in [2.75, 3.05) is 19.8 Å². The van der Waals surface area contributed by atoms with E-state index in [-0.39, 0.29) is 0 Å². The summed E-state index contributed by atoms with van der Waals surface area (Å²) in [6, 6.07) is 0.649. The van der Waals surface area contributed by atoms with Crippen molar-refractivity contribution in [1.82, 2.24) is 5.32 Å². The molecule has 1 atom stereocenters. The number of nitrogens with one attached hydrogen (secondary N) is 1. The van der Waals surface area contributed by atoms with Crippen LogP contribution in [-0.4, -0.2) is 25.8 Å². The summed E-state index contributed by atoms with van der Waals surface area (Å²) >= 11 is 0. The first-order chi connectivity index (χ1) is 7.54. The van der Waals surface area contributed by atoms with Gasteiger partial charge in [-0.1, -0.05) is 27.7 Å². The lowest BCUT2D eigenvalue weighted by atomic mass is 9.79. The molecule has 0 amide bonds. The van der Waals surface area contributed by atoms with Gasteiger partial charge in [-0.25, -0.2) is 0 Å². The van der Waals surface area contributed by atoms with Gasteiger partial charge in [-0.15, -0.1) is 0 Å². The molecular formula is C14H29NO. The summed E-state index contributed by atoms with van der Waals surface area (Å²) in [6.45, 7) is 12.4. The summed E-state index contributed by atoms with van der Waals surface area (Å²) in [5.41, 5.74) is 0.369. The van der Waals surface area contributed by atoms with E-state index in [1.165, 1.54) is 25.7 Å². The van der Waals surface area contributed by atoms with Gasteiger partial charge in [-0.05, 0) is 43.6 Å². The number of hydrogen-bond acceptors (Lipinski definition) is 2. The molecule has 96 valence electrons. The molecule has 1 fully saturated rings. The minimum absolute atomic E-state index is 0.369. The van der Waals surface area contributed by atoms with Crippen molar-refractivity contribution >= 4 is 0 Å². The van der Waals surface area contributed by atoms with Crippen LogP contribution in [0.15, 0.2) is 0 Å². The lowest BCUT2D eigenvalue weighted by molar-refractivity contribution is 0.0546. The minimum atomic E-state index is 0.369. The van der Waals surface area contributed by atoms with E-state index in [0.717, 1.165) is 25.7 Å². The van der Waals surface area contributed by atoms with Gasteiger partial charge in [0.05, 0.1) is 0 Å². The lowest BCUT2D eigenvalue weighted by Crippen LogP contribution is -2.42. The Morgan fingerprint density at radius 1 is 1.25 bits per heavy atom. The van der Waals surface area contributed by atoms with Crippen LogP contribution in [0.1, 0.15) is 53.4 Å². The molecule has 16 heavy (non-hydrogen) atoms. The topological polar surface area (TPSA) is 21.3 Å². The summed E-state index contributed by atoms with van der Waals surface area (Å²) in [4.78, 5) is 0. The first-order valence-electron chi connectivity index (χ1n) is 6.85. The molecule has 1 aliphatic heterocycles. The number of rotatable bonds is 5. The van der Waals surface area contributed by atoms with E-state index in [2.05, 4.69) is 33.0 Å². The normalized spacial score (nSPS) is 21.0. The Hall–Kier alpha value is -0.0800. The van der Waals surface area contributed by atoms with Crippen LogP contribution in [0.3, 0.4) is 0 Å². The zero-order chi connectivity index (χ0) is 12.0. The van der Waals surface area contributed by atoms with Gasteiger partial charge in [-0.2, -0.15) is 0 Å². The summed E-state index contributed by atoms with van der Waals surface area (Å²) in [5, 5.41) is 3.72. The molecule has 0 saturated carbocycles. The molecule has 0 bridgehead atoms. The van der Waals surface area contributed by atoms with Gasteiger partial charge in [0.15, 0.2) is 0 Å². The molecule has 0 aliphatic carbocycles. The average Bonchev–Trinajstić information content (AvgIpc) is 2.24. The van der Waals surface area contributed by atoms with E-state index in [0.29, 0.717) is 11.5 Å². The highest BCUT2D eigenvalue weighted by Gasteiger charge is 2.27. The molecule has 0 aromatic rings. The van der Waals surface area contributed by atoms with E-state index in [1.807, 2.05) is 0 Å². The predicted octanol–water partition coefficient (Wildman–Crippen LogP) is 3.22. The molecule has 0 spiro atoms. The summed E-state index contributed by atoms with van der Waals surface area (Å²) in [7, 11) is 0. The first kappa shape index (κ1) is 14.0. The molecule has 0 aromatic carbocycles. The van der Waals surface area contributed by atoms with Crippen molar-refractivity contribution < 1.29 is 4.74 Å². The number of ether oxygens (including phenoxy) is 1. The zero-order valence-electron chi connectivity index (χ0n) is 11.5. The fourth-order valence-electron chi connectivity index (χ4n) is 2.38. The third-order valence-corrected chi connectivity index (χ3v) is 3.60. The Morgan fingerprint density at radius 3 is 2.38 bits per heavy atom. The van der Waals surface area contributed by atoms with Crippen LogP contribution in [0.2, 0.25) is 0 Å². The Kier molecular flexibility index (Phi) is 5.77. The van der Waals surface area contributed by atoms with Crippen molar-refractivity contribution in [2.24, 2.45) is 11.3 Å². The van der Waals surface area contributed by atoms with Crippen LogP contribution >= 0.6 is 0 Å². The van der Waals surface area contributed by atoms with Gasteiger partial charge in [0.25, 0.3) is 0 Å². The van der Waals surface area contributed by atoms with Crippen LogP contribution in [0.5, 0.6) is 0 Å².